The van der Waals surface area contributed by atoms with Gasteiger partial charge in [-0.25, -0.2) is 0 Å². The first-order valence-corrected chi connectivity index (χ1v) is 8.11. The van der Waals surface area contributed by atoms with Crippen molar-refractivity contribution in [3.63, 3.8) is 0 Å². The molecule has 0 radical (unpaired) electrons. The van der Waals surface area contributed by atoms with Gasteiger partial charge in [0.1, 0.15) is 0 Å². The van der Waals surface area contributed by atoms with Crippen molar-refractivity contribution in [3.8, 4) is 0 Å². The Morgan fingerprint density at radius 2 is 1.96 bits per heavy atom. The zero-order valence-electron chi connectivity index (χ0n) is 14.0. The molecule has 1 aromatic rings. The Hall–Kier alpha value is -1.88. The summed E-state index contributed by atoms with van der Waals surface area (Å²) in [5.41, 5.74) is -0.0555. The Kier molecular flexibility index (Phi) is 5.42. The number of carbonyl (C=O) groups is 2. The van der Waals surface area contributed by atoms with Gasteiger partial charge in [-0.3, -0.25) is 9.59 Å². The van der Waals surface area contributed by atoms with Crippen molar-refractivity contribution in [2.24, 2.45) is 11.3 Å². The van der Waals surface area contributed by atoms with Crippen molar-refractivity contribution in [2.45, 2.75) is 33.3 Å². The molecule has 1 heterocycles. The maximum Gasteiger partial charge on any atom is 0.311 e. The third-order valence-corrected chi connectivity index (χ3v) is 4.80. The van der Waals surface area contributed by atoms with Crippen LogP contribution >= 0.6 is 0 Å². The second kappa shape index (κ2) is 7.13. The minimum Gasteiger partial charge on any atom is -0.481 e. The molecule has 2 unspecified atom stereocenters. The van der Waals surface area contributed by atoms with E-state index in [9.17, 15) is 14.7 Å². The molecule has 1 aliphatic rings. The van der Waals surface area contributed by atoms with Gasteiger partial charge < -0.3 is 14.7 Å². The molecule has 5 nitrogen and oxygen atoms in total. The lowest BCUT2D eigenvalue weighted by molar-refractivity contribution is -0.152. The number of ether oxygens (including phenoxy) is 1. The average Bonchev–Trinajstić information content (AvgIpc) is 2.99. The molecule has 23 heavy (non-hydrogen) atoms. The number of benzene rings is 1. The predicted octanol–water partition coefficient (Wildman–Crippen LogP) is 2.72. The maximum atomic E-state index is 12.9. The van der Waals surface area contributed by atoms with E-state index >= 15 is 0 Å². The summed E-state index contributed by atoms with van der Waals surface area (Å²) in [6.45, 7) is 6.78. The first kappa shape index (κ1) is 17.5. The van der Waals surface area contributed by atoms with Crippen LogP contribution in [0.25, 0.3) is 0 Å². The highest BCUT2D eigenvalue weighted by atomic mass is 16.5. The zero-order valence-corrected chi connectivity index (χ0v) is 14.0. The van der Waals surface area contributed by atoms with Gasteiger partial charge in [-0.1, -0.05) is 44.2 Å². The van der Waals surface area contributed by atoms with Crippen LogP contribution < -0.4 is 0 Å². The molecule has 1 N–H and O–H groups in total. The third-order valence-electron chi connectivity index (χ3n) is 4.80. The highest BCUT2D eigenvalue weighted by Crippen LogP contribution is 2.39. The molecule has 5 heteroatoms. The van der Waals surface area contributed by atoms with Crippen molar-refractivity contribution in [2.75, 3.05) is 19.7 Å². The summed E-state index contributed by atoms with van der Waals surface area (Å²) >= 11 is 0. The molecule has 0 aliphatic carbocycles. The van der Waals surface area contributed by atoms with Crippen LogP contribution in [0.3, 0.4) is 0 Å². The number of carboxylic acids is 1. The summed E-state index contributed by atoms with van der Waals surface area (Å²) in [5, 5.41) is 9.62. The predicted molar refractivity (Wildman–Crippen MR) is 86.9 cm³/mol. The Morgan fingerprint density at radius 3 is 2.43 bits per heavy atom. The number of hydrogen-bond donors (Lipinski definition) is 1. The molecule has 1 fully saturated rings. The van der Waals surface area contributed by atoms with Gasteiger partial charge in [-0.15, -0.1) is 0 Å². The average molecular weight is 319 g/mol. The van der Waals surface area contributed by atoms with E-state index in [0.29, 0.717) is 19.6 Å². The van der Waals surface area contributed by atoms with Crippen LogP contribution in [0.15, 0.2) is 30.3 Å². The molecule has 1 amide bonds. The second-order valence-corrected chi connectivity index (χ2v) is 6.37. The summed E-state index contributed by atoms with van der Waals surface area (Å²) in [7, 11) is 0. The fraction of sp³-hybridized carbons (Fsp3) is 0.556. The highest BCUT2D eigenvalue weighted by Gasteiger charge is 2.49. The minimum atomic E-state index is -0.858. The smallest absolute Gasteiger partial charge is 0.311 e. The molecule has 1 saturated heterocycles. The molecule has 1 aliphatic heterocycles. The van der Waals surface area contributed by atoms with E-state index in [2.05, 4.69) is 0 Å². The van der Waals surface area contributed by atoms with Crippen LogP contribution in [0.1, 0.15) is 38.9 Å². The van der Waals surface area contributed by atoms with Crippen molar-refractivity contribution in [3.05, 3.63) is 35.9 Å². The van der Waals surface area contributed by atoms with E-state index in [4.69, 9.17) is 4.74 Å². The lowest BCUT2D eigenvalue weighted by Gasteiger charge is -2.29. The van der Waals surface area contributed by atoms with Gasteiger partial charge in [0.15, 0.2) is 6.10 Å². The van der Waals surface area contributed by atoms with E-state index in [-0.39, 0.29) is 18.4 Å². The first-order valence-electron chi connectivity index (χ1n) is 8.11. The van der Waals surface area contributed by atoms with Crippen LogP contribution in [0.4, 0.5) is 0 Å². The molecular weight excluding hydrogens is 294 g/mol. The van der Waals surface area contributed by atoms with Gasteiger partial charge in [0, 0.05) is 19.7 Å². The lowest BCUT2D eigenvalue weighted by atomic mass is 9.76. The normalized spacial score (nSPS) is 22.3. The molecule has 0 bridgehead atoms. The van der Waals surface area contributed by atoms with Crippen molar-refractivity contribution in [1.29, 1.82) is 0 Å². The Morgan fingerprint density at radius 1 is 1.30 bits per heavy atom. The number of nitrogens with zero attached hydrogens (tertiary/aromatic N) is 1. The highest BCUT2D eigenvalue weighted by molar-refractivity contribution is 5.84. The number of amides is 1. The SMILES string of the molecule is CCOC(C(=O)N1CCC(C(=O)O)(C(C)C)C1)c1ccccc1. The van der Waals surface area contributed by atoms with E-state index in [0.717, 1.165) is 5.56 Å². The topological polar surface area (TPSA) is 66.8 Å². The van der Waals surface area contributed by atoms with Gasteiger partial charge in [0.2, 0.25) is 0 Å². The number of aliphatic carboxylic acids is 1. The molecular formula is C18H25NO4. The Bertz CT molecular complexity index is 557. The molecule has 126 valence electrons. The maximum absolute atomic E-state index is 12.9. The van der Waals surface area contributed by atoms with Crippen molar-refractivity contribution < 1.29 is 19.4 Å². The van der Waals surface area contributed by atoms with Gasteiger partial charge in [0.25, 0.3) is 5.91 Å². The van der Waals surface area contributed by atoms with Gasteiger partial charge in [-0.2, -0.15) is 0 Å². The Labute approximate surface area is 137 Å². The van der Waals surface area contributed by atoms with E-state index in [1.165, 1.54) is 0 Å². The summed E-state index contributed by atoms with van der Waals surface area (Å²) in [4.78, 5) is 26.2. The zero-order chi connectivity index (χ0) is 17.0. The molecule has 0 spiro atoms. The molecule has 2 rings (SSSR count). The van der Waals surface area contributed by atoms with Gasteiger partial charge in [0.05, 0.1) is 5.41 Å². The number of hydrogen-bond acceptors (Lipinski definition) is 3. The lowest BCUT2D eigenvalue weighted by Crippen LogP contribution is -2.42. The van der Waals surface area contributed by atoms with Crippen LogP contribution in [0, 0.1) is 11.3 Å². The summed E-state index contributed by atoms with van der Waals surface area (Å²) in [6, 6.07) is 9.35. The molecule has 2 atom stereocenters. The first-order chi connectivity index (χ1) is 10.9. The fourth-order valence-electron chi connectivity index (χ4n) is 3.18. The number of carbonyl (C=O) groups excluding carboxylic acids is 1. The second-order valence-electron chi connectivity index (χ2n) is 6.37. The monoisotopic (exact) mass is 319 g/mol. The number of rotatable bonds is 6. The summed E-state index contributed by atoms with van der Waals surface area (Å²) in [5.74, 6) is -1.00. The van der Waals surface area contributed by atoms with Crippen LogP contribution in [-0.4, -0.2) is 41.6 Å². The molecule has 1 aromatic carbocycles. The van der Waals surface area contributed by atoms with Gasteiger partial charge in [-0.05, 0) is 24.8 Å². The fourth-order valence-corrected chi connectivity index (χ4v) is 3.18. The molecule has 0 saturated carbocycles. The van der Waals surface area contributed by atoms with E-state index < -0.39 is 17.5 Å². The van der Waals surface area contributed by atoms with E-state index in [1.54, 1.807) is 4.90 Å². The van der Waals surface area contributed by atoms with Crippen LogP contribution in [0.5, 0.6) is 0 Å². The third kappa shape index (κ3) is 3.39. The summed E-state index contributed by atoms with van der Waals surface area (Å²) < 4.78 is 5.65. The Balaban J connectivity index is 2.20. The van der Waals surface area contributed by atoms with Crippen molar-refractivity contribution in [1.82, 2.24) is 4.90 Å². The largest absolute Gasteiger partial charge is 0.481 e. The van der Waals surface area contributed by atoms with Crippen LogP contribution in [-0.2, 0) is 14.3 Å². The summed E-state index contributed by atoms with van der Waals surface area (Å²) in [6.07, 6.45) is -0.183. The van der Waals surface area contributed by atoms with Gasteiger partial charge >= 0.3 is 5.97 Å². The molecule has 0 aromatic heterocycles. The standard InChI is InChI=1S/C18H25NO4/c1-4-23-15(14-8-6-5-7-9-14)16(20)19-11-10-18(12-19,13(2)3)17(21)22/h5-9,13,15H,4,10-12H2,1-3H3,(H,21,22). The number of carboxylic acid groups (broad SMARTS) is 1. The van der Waals surface area contributed by atoms with E-state index in [1.807, 2.05) is 51.1 Å². The minimum absolute atomic E-state index is 0.0277. The number of likely N-dealkylation sites (tertiary alicyclic amines) is 1. The van der Waals surface area contributed by atoms with Crippen molar-refractivity contribution >= 4 is 11.9 Å². The quantitative estimate of drug-likeness (QED) is 0.875. The van der Waals surface area contributed by atoms with Crippen LogP contribution in [0.2, 0.25) is 0 Å².